The smallest absolute Gasteiger partial charge is 0.168 e. The molecule has 92 valence electrons. The number of hydrogen-bond donors (Lipinski definition) is 0. The van der Waals surface area contributed by atoms with Crippen molar-refractivity contribution in [1.82, 2.24) is 9.97 Å². The van der Waals surface area contributed by atoms with Crippen LogP contribution in [0.3, 0.4) is 0 Å². The molecule has 0 saturated carbocycles. The van der Waals surface area contributed by atoms with Crippen molar-refractivity contribution >= 4 is 16.8 Å². The van der Waals surface area contributed by atoms with Crippen molar-refractivity contribution in [2.24, 2.45) is 5.92 Å². The molecule has 4 heteroatoms. The number of ether oxygens (including phenoxy) is 1. The van der Waals surface area contributed by atoms with Gasteiger partial charge >= 0.3 is 0 Å². The zero-order chi connectivity index (χ0) is 12.4. The first-order valence-electron chi connectivity index (χ1n) is 6.18. The molecule has 2 aromatic rings. The van der Waals surface area contributed by atoms with E-state index in [9.17, 15) is 4.79 Å². The minimum atomic E-state index is 0.0614. The van der Waals surface area contributed by atoms with E-state index in [4.69, 9.17) is 4.74 Å². The molecule has 0 amide bonds. The second kappa shape index (κ2) is 4.82. The lowest BCUT2D eigenvalue weighted by molar-refractivity contribution is 0.0546. The number of ketones is 1. The minimum Gasteiger partial charge on any atom is -0.381 e. The summed E-state index contributed by atoms with van der Waals surface area (Å²) in [6.45, 7) is 1.35. The number of hydrogen-bond acceptors (Lipinski definition) is 4. The van der Waals surface area contributed by atoms with Crippen molar-refractivity contribution in [2.45, 2.75) is 12.8 Å². The van der Waals surface area contributed by atoms with Crippen molar-refractivity contribution in [2.75, 3.05) is 13.2 Å². The molecule has 18 heavy (non-hydrogen) atoms. The molecule has 4 nitrogen and oxygen atoms in total. The van der Waals surface area contributed by atoms with Crippen LogP contribution in [0.25, 0.3) is 11.0 Å². The van der Waals surface area contributed by atoms with E-state index < -0.39 is 0 Å². The Morgan fingerprint density at radius 2 is 1.94 bits per heavy atom. The Morgan fingerprint density at radius 1 is 1.17 bits per heavy atom. The second-order valence-corrected chi connectivity index (χ2v) is 4.48. The lowest BCUT2D eigenvalue weighted by Crippen LogP contribution is -2.23. The normalized spacial score (nSPS) is 16.9. The number of nitrogens with zero attached hydrogens (tertiary/aromatic N) is 2. The fraction of sp³-hybridized carbons (Fsp3) is 0.357. The van der Waals surface area contributed by atoms with Gasteiger partial charge in [-0.25, -0.2) is 0 Å². The summed E-state index contributed by atoms with van der Waals surface area (Å²) in [4.78, 5) is 21.0. The highest BCUT2D eigenvalue weighted by Gasteiger charge is 2.24. The summed E-state index contributed by atoms with van der Waals surface area (Å²) in [6, 6.07) is 5.58. The summed E-state index contributed by atoms with van der Waals surface area (Å²) in [5, 5.41) is 0. The van der Waals surface area contributed by atoms with Gasteiger partial charge in [-0.05, 0) is 25.0 Å². The van der Waals surface area contributed by atoms with Gasteiger partial charge in [0.15, 0.2) is 5.78 Å². The van der Waals surface area contributed by atoms with E-state index in [2.05, 4.69) is 9.97 Å². The van der Waals surface area contributed by atoms with E-state index in [1.165, 1.54) is 0 Å². The molecule has 1 aliphatic heterocycles. The van der Waals surface area contributed by atoms with Crippen LogP contribution in [0.15, 0.2) is 30.6 Å². The SMILES string of the molecule is O=C(c1cccc2nccnc12)C1CCOCC1. The molecule has 2 heterocycles. The fourth-order valence-corrected chi connectivity index (χ4v) is 2.37. The predicted octanol–water partition coefficient (Wildman–Crippen LogP) is 2.24. The van der Waals surface area contributed by atoms with E-state index in [0.717, 1.165) is 18.4 Å². The second-order valence-electron chi connectivity index (χ2n) is 4.48. The largest absolute Gasteiger partial charge is 0.381 e. The zero-order valence-electron chi connectivity index (χ0n) is 10.0. The van der Waals surface area contributed by atoms with Gasteiger partial charge in [0.1, 0.15) is 0 Å². The maximum absolute atomic E-state index is 12.5. The summed E-state index contributed by atoms with van der Waals surface area (Å²) in [6.07, 6.45) is 4.87. The van der Waals surface area contributed by atoms with E-state index in [1.54, 1.807) is 12.4 Å². The highest BCUT2D eigenvalue weighted by atomic mass is 16.5. The number of Topliss-reactive ketones (excluding diaryl/α,β-unsaturated/α-hetero) is 1. The number of benzene rings is 1. The lowest BCUT2D eigenvalue weighted by atomic mass is 9.90. The van der Waals surface area contributed by atoms with Gasteiger partial charge in [0.05, 0.1) is 11.0 Å². The Morgan fingerprint density at radius 3 is 2.78 bits per heavy atom. The molecule has 0 atom stereocenters. The van der Waals surface area contributed by atoms with Gasteiger partial charge in [-0.3, -0.25) is 14.8 Å². The van der Waals surface area contributed by atoms with Gasteiger partial charge in [0.2, 0.25) is 0 Å². The Labute approximate surface area is 105 Å². The van der Waals surface area contributed by atoms with Gasteiger partial charge in [0.25, 0.3) is 0 Å². The van der Waals surface area contributed by atoms with Gasteiger partial charge in [-0.15, -0.1) is 0 Å². The summed E-state index contributed by atoms with van der Waals surface area (Å²) in [5.41, 5.74) is 2.17. The number of para-hydroxylation sites is 1. The van der Waals surface area contributed by atoms with Crippen LogP contribution in [0.1, 0.15) is 23.2 Å². The number of rotatable bonds is 2. The summed E-state index contributed by atoms with van der Waals surface area (Å²) < 4.78 is 5.29. The topological polar surface area (TPSA) is 52.1 Å². The predicted molar refractivity (Wildman–Crippen MR) is 67.4 cm³/mol. The molecule has 1 saturated heterocycles. The Kier molecular flexibility index (Phi) is 3.02. The van der Waals surface area contributed by atoms with E-state index in [0.29, 0.717) is 24.3 Å². The number of aromatic nitrogens is 2. The molecule has 1 aromatic carbocycles. The molecule has 0 aliphatic carbocycles. The molecular weight excluding hydrogens is 228 g/mol. The number of fused-ring (bicyclic) bond motifs is 1. The van der Waals surface area contributed by atoms with Crippen LogP contribution in [0, 0.1) is 5.92 Å². The number of carbonyl (C=O) groups is 1. The maximum atomic E-state index is 12.5. The van der Waals surface area contributed by atoms with E-state index >= 15 is 0 Å². The fourth-order valence-electron chi connectivity index (χ4n) is 2.37. The molecule has 0 bridgehead atoms. The third-order valence-electron chi connectivity index (χ3n) is 3.36. The third-order valence-corrected chi connectivity index (χ3v) is 3.36. The number of carbonyl (C=O) groups excluding carboxylic acids is 1. The Hall–Kier alpha value is -1.81. The monoisotopic (exact) mass is 242 g/mol. The Bertz CT molecular complexity index is 572. The lowest BCUT2D eigenvalue weighted by Gasteiger charge is -2.21. The highest BCUT2D eigenvalue weighted by Crippen LogP contribution is 2.23. The van der Waals surface area contributed by atoms with Gasteiger partial charge in [0, 0.05) is 37.1 Å². The maximum Gasteiger partial charge on any atom is 0.168 e. The molecule has 0 unspecified atom stereocenters. The molecule has 0 N–H and O–H groups in total. The summed E-state index contributed by atoms with van der Waals surface area (Å²) in [5.74, 6) is 0.232. The molecule has 0 spiro atoms. The first-order valence-corrected chi connectivity index (χ1v) is 6.18. The van der Waals surface area contributed by atoms with Gasteiger partial charge in [-0.1, -0.05) is 6.07 Å². The quantitative estimate of drug-likeness (QED) is 0.758. The van der Waals surface area contributed by atoms with Crippen LogP contribution in [0.2, 0.25) is 0 Å². The highest BCUT2D eigenvalue weighted by molar-refractivity contribution is 6.07. The van der Waals surface area contributed by atoms with Crippen LogP contribution in [0.5, 0.6) is 0 Å². The molecule has 1 aromatic heterocycles. The molecule has 1 aliphatic rings. The molecule has 3 rings (SSSR count). The molecule has 1 fully saturated rings. The van der Waals surface area contributed by atoms with Crippen molar-refractivity contribution in [1.29, 1.82) is 0 Å². The summed E-state index contributed by atoms with van der Waals surface area (Å²) >= 11 is 0. The van der Waals surface area contributed by atoms with Gasteiger partial charge in [-0.2, -0.15) is 0 Å². The van der Waals surface area contributed by atoms with Crippen molar-refractivity contribution < 1.29 is 9.53 Å². The van der Waals surface area contributed by atoms with Crippen LogP contribution in [-0.4, -0.2) is 29.0 Å². The van der Waals surface area contributed by atoms with E-state index in [1.807, 2.05) is 18.2 Å². The average Bonchev–Trinajstić information content (AvgIpc) is 2.47. The van der Waals surface area contributed by atoms with Crippen molar-refractivity contribution in [3.63, 3.8) is 0 Å². The van der Waals surface area contributed by atoms with E-state index in [-0.39, 0.29) is 11.7 Å². The molecule has 0 radical (unpaired) electrons. The standard InChI is InChI=1S/C14H14N2O2/c17-14(10-4-8-18-9-5-10)11-2-1-3-12-13(11)16-7-6-15-12/h1-3,6-7,10H,4-5,8-9H2. The van der Waals surface area contributed by atoms with Crippen molar-refractivity contribution in [3.8, 4) is 0 Å². The van der Waals surface area contributed by atoms with Crippen molar-refractivity contribution in [3.05, 3.63) is 36.2 Å². The van der Waals surface area contributed by atoms with Gasteiger partial charge < -0.3 is 4.74 Å². The zero-order valence-corrected chi connectivity index (χ0v) is 10.0. The first-order chi connectivity index (χ1) is 8.86. The van der Waals surface area contributed by atoms with Crippen LogP contribution < -0.4 is 0 Å². The summed E-state index contributed by atoms with van der Waals surface area (Å²) in [7, 11) is 0. The molecular formula is C14H14N2O2. The third kappa shape index (κ3) is 1.99. The van der Waals surface area contributed by atoms with Crippen LogP contribution in [0.4, 0.5) is 0 Å². The van der Waals surface area contributed by atoms with Crippen LogP contribution >= 0.6 is 0 Å². The van der Waals surface area contributed by atoms with Crippen LogP contribution in [-0.2, 0) is 4.74 Å². The average molecular weight is 242 g/mol. The Balaban J connectivity index is 2.00. The first kappa shape index (κ1) is 11.3. The minimum absolute atomic E-state index is 0.0614.